The largest absolute Gasteiger partial charge is 0.465 e. The highest BCUT2D eigenvalue weighted by atomic mass is 16.5. The van der Waals surface area contributed by atoms with E-state index >= 15 is 0 Å². The predicted octanol–water partition coefficient (Wildman–Crippen LogP) is 2.20. The number of hydrogen-bond donors (Lipinski definition) is 2. The first-order valence-electron chi connectivity index (χ1n) is 11.2. The highest BCUT2D eigenvalue weighted by molar-refractivity contribution is 5.90. The van der Waals surface area contributed by atoms with Crippen molar-refractivity contribution >= 4 is 17.7 Å². The molecule has 1 aliphatic rings. The molecule has 1 amide bonds. The molecule has 1 fully saturated rings. The number of hydrogen-bond acceptors (Lipinski definition) is 7. The topological polar surface area (TPSA) is 141 Å². The average Bonchev–Trinajstić information content (AvgIpc) is 3.15. The van der Waals surface area contributed by atoms with Crippen LogP contribution in [0.4, 0.5) is 10.7 Å². The van der Waals surface area contributed by atoms with Crippen LogP contribution >= 0.6 is 0 Å². The van der Waals surface area contributed by atoms with Gasteiger partial charge in [0, 0.05) is 23.5 Å². The number of aryl methyl sites for hydroxylation is 2. The summed E-state index contributed by atoms with van der Waals surface area (Å²) in [6, 6.07) is 12.8. The maximum absolute atomic E-state index is 13.4. The van der Waals surface area contributed by atoms with E-state index < -0.39 is 17.8 Å². The minimum absolute atomic E-state index is 0.00339. The zero-order chi connectivity index (χ0) is 24.7. The number of fused-ring (bicyclic) bond motifs is 1. The minimum Gasteiger partial charge on any atom is -0.465 e. The van der Waals surface area contributed by atoms with Gasteiger partial charge in [-0.05, 0) is 31.5 Å². The summed E-state index contributed by atoms with van der Waals surface area (Å²) in [4.78, 5) is 35.4. The number of carbonyl (C=O) groups is 1. The average molecular weight is 476 g/mol. The molecule has 11 nitrogen and oxygen atoms in total. The van der Waals surface area contributed by atoms with Crippen molar-refractivity contribution in [1.82, 2.24) is 29.0 Å². The van der Waals surface area contributed by atoms with Gasteiger partial charge in [-0.3, -0.25) is 9.88 Å². The van der Waals surface area contributed by atoms with Crippen LogP contribution in [0.1, 0.15) is 11.4 Å². The molecule has 0 bridgehead atoms. The Bertz CT molecular complexity index is 1460. The lowest BCUT2D eigenvalue weighted by atomic mass is 9.99. The lowest BCUT2D eigenvalue weighted by Gasteiger charge is -2.32. The number of carboxylic acid groups (broad SMARTS) is 1. The maximum atomic E-state index is 13.4. The number of benzene rings is 1. The SMILES string of the molecule is Cc1cc(-c2c(-c3ccccc3)nc(N)n3c(=O)n(C[C@H]4COCCN4C(=O)O)nc23)cc(C)n1. The number of morpholine rings is 1. The number of anilines is 1. The van der Waals surface area contributed by atoms with E-state index in [4.69, 9.17) is 10.5 Å². The van der Waals surface area contributed by atoms with Gasteiger partial charge in [-0.15, -0.1) is 5.10 Å². The summed E-state index contributed by atoms with van der Waals surface area (Å²) in [6.07, 6.45) is -1.06. The number of aromatic nitrogens is 5. The van der Waals surface area contributed by atoms with Crippen molar-refractivity contribution < 1.29 is 14.6 Å². The van der Waals surface area contributed by atoms with Gasteiger partial charge in [0.1, 0.15) is 0 Å². The summed E-state index contributed by atoms with van der Waals surface area (Å²) in [5, 5.41) is 14.2. The fraction of sp³-hybridized carbons (Fsp3) is 0.292. The lowest BCUT2D eigenvalue weighted by Crippen LogP contribution is -2.51. The fourth-order valence-electron chi connectivity index (χ4n) is 4.53. The molecular weight excluding hydrogens is 450 g/mol. The Labute approximate surface area is 200 Å². The zero-order valence-corrected chi connectivity index (χ0v) is 19.4. The number of ether oxygens (including phenoxy) is 1. The first-order chi connectivity index (χ1) is 16.8. The van der Waals surface area contributed by atoms with Crippen LogP contribution in [0.15, 0.2) is 47.3 Å². The van der Waals surface area contributed by atoms with Gasteiger partial charge in [0.25, 0.3) is 0 Å². The molecule has 0 saturated carbocycles. The number of pyridine rings is 1. The second kappa shape index (κ2) is 8.84. The monoisotopic (exact) mass is 475 g/mol. The molecule has 1 atom stereocenters. The third kappa shape index (κ3) is 4.10. The van der Waals surface area contributed by atoms with Gasteiger partial charge in [-0.2, -0.15) is 0 Å². The minimum atomic E-state index is -1.06. The van der Waals surface area contributed by atoms with Crippen molar-refractivity contribution in [3.63, 3.8) is 0 Å². The van der Waals surface area contributed by atoms with Crippen LogP contribution in [0.2, 0.25) is 0 Å². The standard InChI is InChI=1S/C24H25N7O4/c1-14-10-17(11-15(2)26-14)19-20(16-6-4-3-5-7-16)27-22(25)31-21(19)28-30(23(31)32)12-18-13-35-9-8-29(18)24(33)34/h3-7,10-11,18H,8-9,12-13H2,1-2H3,(H2,25,27)(H,33,34)/t18-/m0/s1. The summed E-state index contributed by atoms with van der Waals surface area (Å²) < 4.78 is 7.97. The van der Waals surface area contributed by atoms with E-state index in [1.807, 2.05) is 56.3 Å². The first kappa shape index (κ1) is 22.5. The molecule has 5 rings (SSSR count). The van der Waals surface area contributed by atoms with E-state index in [2.05, 4.69) is 15.1 Å². The van der Waals surface area contributed by atoms with Crippen molar-refractivity contribution in [2.45, 2.75) is 26.4 Å². The Morgan fingerprint density at radius 3 is 2.54 bits per heavy atom. The summed E-state index contributed by atoms with van der Waals surface area (Å²) in [5.41, 5.74) is 10.6. The number of nitrogens with two attached hydrogens (primary N) is 1. The van der Waals surface area contributed by atoms with Gasteiger partial charge in [-0.1, -0.05) is 30.3 Å². The molecule has 4 heterocycles. The molecule has 11 heteroatoms. The van der Waals surface area contributed by atoms with Crippen molar-refractivity contribution in [2.24, 2.45) is 0 Å². The molecule has 0 unspecified atom stereocenters. The van der Waals surface area contributed by atoms with Crippen molar-refractivity contribution in [3.8, 4) is 22.4 Å². The summed E-state index contributed by atoms with van der Waals surface area (Å²) >= 11 is 0. The number of rotatable bonds is 4. The van der Waals surface area contributed by atoms with E-state index in [9.17, 15) is 14.7 Å². The van der Waals surface area contributed by atoms with Gasteiger partial charge >= 0.3 is 11.8 Å². The smallest absolute Gasteiger partial charge is 0.407 e. The normalized spacial score (nSPS) is 16.1. The van der Waals surface area contributed by atoms with Gasteiger partial charge in [0.15, 0.2) is 5.65 Å². The molecule has 0 spiro atoms. The van der Waals surface area contributed by atoms with Crippen LogP contribution in [0.5, 0.6) is 0 Å². The Balaban J connectivity index is 1.74. The number of nitrogens with zero attached hydrogens (tertiary/aromatic N) is 6. The number of nitrogen functional groups attached to an aromatic ring is 1. The Kier molecular flexibility index (Phi) is 5.69. The second-order valence-corrected chi connectivity index (χ2v) is 8.53. The zero-order valence-electron chi connectivity index (χ0n) is 19.4. The van der Waals surface area contributed by atoms with Crippen molar-refractivity contribution in [2.75, 3.05) is 25.5 Å². The Morgan fingerprint density at radius 2 is 1.86 bits per heavy atom. The lowest BCUT2D eigenvalue weighted by molar-refractivity contribution is -0.00680. The third-order valence-electron chi connectivity index (χ3n) is 6.03. The third-order valence-corrected chi connectivity index (χ3v) is 6.03. The highest BCUT2D eigenvalue weighted by Crippen LogP contribution is 2.34. The predicted molar refractivity (Wildman–Crippen MR) is 129 cm³/mol. The summed E-state index contributed by atoms with van der Waals surface area (Å²) in [5.74, 6) is -0.00339. The second-order valence-electron chi connectivity index (χ2n) is 8.53. The molecule has 4 aromatic rings. The molecule has 180 valence electrons. The molecule has 1 saturated heterocycles. The quantitative estimate of drug-likeness (QED) is 0.458. The molecule has 1 aliphatic heterocycles. The van der Waals surface area contributed by atoms with Gasteiger partial charge in [0.05, 0.1) is 37.1 Å². The van der Waals surface area contributed by atoms with E-state index in [0.717, 1.165) is 22.5 Å². The van der Waals surface area contributed by atoms with Gasteiger partial charge in [0.2, 0.25) is 5.95 Å². The molecular formula is C24H25N7O4. The first-order valence-corrected chi connectivity index (χ1v) is 11.2. The van der Waals surface area contributed by atoms with Crippen LogP contribution in [-0.4, -0.2) is 66.0 Å². The molecule has 3 N–H and O–H groups in total. The van der Waals surface area contributed by atoms with Gasteiger partial charge in [-0.25, -0.2) is 23.7 Å². The maximum Gasteiger partial charge on any atom is 0.407 e. The van der Waals surface area contributed by atoms with E-state index in [1.165, 1.54) is 14.0 Å². The van der Waals surface area contributed by atoms with Crippen LogP contribution < -0.4 is 11.4 Å². The highest BCUT2D eigenvalue weighted by Gasteiger charge is 2.29. The van der Waals surface area contributed by atoms with Crippen molar-refractivity contribution in [3.05, 3.63) is 64.3 Å². The van der Waals surface area contributed by atoms with Crippen LogP contribution in [-0.2, 0) is 11.3 Å². The fourth-order valence-corrected chi connectivity index (χ4v) is 4.53. The Hall–Kier alpha value is -4.25. The summed E-state index contributed by atoms with van der Waals surface area (Å²) in [7, 11) is 0. The van der Waals surface area contributed by atoms with Crippen molar-refractivity contribution in [1.29, 1.82) is 0 Å². The van der Waals surface area contributed by atoms with Gasteiger partial charge < -0.3 is 15.6 Å². The van der Waals surface area contributed by atoms with E-state index in [1.54, 1.807) is 0 Å². The van der Waals surface area contributed by atoms with E-state index in [0.29, 0.717) is 23.5 Å². The molecule has 0 aliphatic carbocycles. The summed E-state index contributed by atoms with van der Waals surface area (Å²) in [6.45, 7) is 4.53. The van der Waals surface area contributed by atoms with E-state index in [-0.39, 0.29) is 25.6 Å². The number of amides is 1. The molecule has 35 heavy (non-hydrogen) atoms. The van der Waals surface area contributed by atoms with Crippen LogP contribution in [0.25, 0.3) is 28.0 Å². The van der Waals surface area contributed by atoms with Crippen LogP contribution in [0.3, 0.4) is 0 Å². The van der Waals surface area contributed by atoms with Crippen LogP contribution in [0, 0.1) is 13.8 Å². The molecule has 1 aromatic carbocycles. The Morgan fingerprint density at radius 1 is 1.14 bits per heavy atom. The molecule has 3 aromatic heterocycles. The molecule has 0 radical (unpaired) electrons.